The third-order valence-electron chi connectivity index (χ3n) is 4.11. The van der Waals surface area contributed by atoms with Crippen molar-refractivity contribution < 1.29 is 59.8 Å². The van der Waals surface area contributed by atoms with Crippen LogP contribution in [-0.4, -0.2) is 54.2 Å². The molecular formula is C15H12N2O13S3. The van der Waals surface area contributed by atoms with Crippen molar-refractivity contribution in [1.82, 2.24) is 5.06 Å². The number of hydroxylamine groups is 2. The summed E-state index contributed by atoms with van der Waals surface area (Å²) in [6.07, 6.45) is -1.79. The van der Waals surface area contributed by atoms with Gasteiger partial charge < -0.3 is 4.84 Å². The van der Waals surface area contributed by atoms with Crippen molar-refractivity contribution in [2.75, 3.05) is 5.32 Å². The second-order valence-corrected chi connectivity index (χ2v) is 9.84. The number of hydrogen-bond donors (Lipinski definition) is 4. The molecule has 0 aromatic heterocycles. The lowest BCUT2D eigenvalue weighted by Gasteiger charge is -2.16. The van der Waals surface area contributed by atoms with Crippen molar-refractivity contribution in [3.8, 4) is 0 Å². The van der Waals surface area contributed by atoms with Crippen LogP contribution in [-0.2, 0) is 44.0 Å². The van der Waals surface area contributed by atoms with Gasteiger partial charge in [0.2, 0.25) is 0 Å². The standard InChI is InChI=1S/C15H12N2O13S3/c18-12-1-2-13(19)17(12)28-15(20)16-10-5-8(31-30-29-21)3-7-4-9(32(22,23)24)6-11(14(7)10)33(25,26)27/h3-6,21H,1-2H2,(H,16,20)(H,22,23,24)(H,25,26,27). The Balaban J connectivity index is 2.17. The van der Waals surface area contributed by atoms with Crippen molar-refractivity contribution in [3.63, 3.8) is 0 Å². The van der Waals surface area contributed by atoms with E-state index in [-0.39, 0.29) is 28.2 Å². The molecule has 0 unspecified atom stereocenters. The molecule has 0 saturated carbocycles. The lowest BCUT2D eigenvalue weighted by atomic mass is 10.1. The van der Waals surface area contributed by atoms with Gasteiger partial charge in [-0.1, -0.05) is 5.04 Å². The van der Waals surface area contributed by atoms with Gasteiger partial charge in [-0.25, -0.2) is 10.1 Å². The molecule has 1 aliphatic heterocycles. The number of benzene rings is 2. The van der Waals surface area contributed by atoms with Crippen LogP contribution in [0.25, 0.3) is 10.8 Å². The number of nitrogens with zero attached hydrogens (tertiary/aromatic N) is 1. The van der Waals surface area contributed by atoms with E-state index in [1.165, 1.54) is 0 Å². The van der Waals surface area contributed by atoms with E-state index in [2.05, 4.69) is 19.5 Å². The highest BCUT2D eigenvalue weighted by Crippen LogP contribution is 2.37. The van der Waals surface area contributed by atoms with E-state index in [4.69, 9.17) is 5.26 Å². The van der Waals surface area contributed by atoms with Gasteiger partial charge in [0, 0.05) is 23.1 Å². The molecule has 0 spiro atoms. The van der Waals surface area contributed by atoms with Crippen LogP contribution in [0.1, 0.15) is 12.8 Å². The summed E-state index contributed by atoms with van der Waals surface area (Å²) >= 11 is 0.330. The Morgan fingerprint density at radius 2 is 1.64 bits per heavy atom. The zero-order valence-corrected chi connectivity index (χ0v) is 18.3. The minimum Gasteiger partial charge on any atom is -0.311 e. The molecule has 0 bridgehead atoms. The molecule has 4 N–H and O–H groups in total. The quantitative estimate of drug-likeness (QED) is 0.132. The smallest absolute Gasteiger partial charge is 0.311 e. The lowest BCUT2D eigenvalue weighted by Crippen LogP contribution is -2.34. The molecule has 18 heteroatoms. The van der Waals surface area contributed by atoms with Gasteiger partial charge in [0.25, 0.3) is 32.1 Å². The van der Waals surface area contributed by atoms with E-state index in [0.717, 1.165) is 18.2 Å². The number of nitrogens with one attached hydrogen (secondary N) is 1. The molecule has 2 aromatic carbocycles. The topological polar surface area (TPSA) is 223 Å². The van der Waals surface area contributed by atoms with E-state index in [9.17, 15) is 40.3 Å². The van der Waals surface area contributed by atoms with Crippen molar-refractivity contribution >= 4 is 66.6 Å². The SMILES string of the molecule is O=C(Nc1cc(SOOO)cc2cc(S(=O)(=O)O)cc(S(=O)(=O)O)c12)ON1C(=O)CCC1=O. The number of carbonyl (C=O) groups is 3. The number of amides is 3. The zero-order chi connectivity index (χ0) is 24.6. The molecule has 0 atom stereocenters. The van der Waals surface area contributed by atoms with Crippen LogP contribution in [0, 0.1) is 0 Å². The average Bonchev–Trinajstić information content (AvgIpc) is 3.01. The highest BCUT2D eigenvalue weighted by molar-refractivity contribution is 7.94. The molecule has 1 fully saturated rings. The maximum absolute atomic E-state index is 12.3. The Morgan fingerprint density at radius 1 is 1.00 bits per heavy atom. The molecule has 15 nitrogen and oxygen atoms in total. The molecular weight excluding hydrogens is 512 g/mol. The zero-order valence-electron chi connectivity index (χ0n) is 15.8. The molecule has 1 heterocycles. The minimum atomic E-state index is -5.13. The summed E-state index contributed by atoms with van der Waals surface area (Å²) in [5, 5.41) is 13.4. The number of carbonyl (C=O) groups excluding carboxylic acids is 3. The summed E-state index contributed by atoms with van der Waals surface area (Å²) in [5.74, 6) is -1.59. The summed E-state index contributed by atoms with van der Waals surface area (Å²) in [4.78, 5) is 38.2. The van der Waals surface area contributed by atoms with Crippen LogP contribution < -0.4 is 5.32 Å². The Morgan fingerprint density at radius 3 is 2.18 bits per heavy atom. The predicted octanol–water partition coefficient (Wildman–Crippen LogP) is 1.37. The van der Waals surface area contributed by atoms with Gasteiger partial charge in [0.1, 0.15) is 4.90 Å². The Labute approximate surface area is 188 Å². The highest BCUT2D eigenvalue weighted by atomic mass is 32.2. The van der Waals surface area contributed by atoms with Crippen LogP contribution >= 0.6 is 12.0 Å². The Bertz CT molecular complexity index is 1360. The van der Waals surface area contributed by atoms with Gasteiger partial charge in [-0.15, -0.1) is 9.40 Å². The Hall–Kier alpha value is -2.84. The van der Waals surface area contributed by atoms with Crippen LogP contribution in [0.15, 0.2) is 39.0 Å². The van der Waals surface area contributed by atoms with Gasteiger partial charge >= 0.3 is 6.09 Å². The fourth-order valence-electron chi connectivity index (χ4n) is 2.85. The lowest BCUT2D eigenvalue weighted by molar-refractivity contribution is -0.432. The van der Waals surface area contributed by atoms with Crippen molar-refractivity contribution in [1.29, 1.82) is 0 Å². The largest absolute Gasteiger partial charge is 0.436 e. The predicted molar refractivity (Wildman–Crippen MR) is 105 cm³/mol. The van der Waals surface area contributed by atoms with Gasteiger partial charge in [-0.3, -0.25) is 24.0 Å². The first-order valence-corrected chi connectivity index (χ1v) is 12.0. The molecule has 3 rings (SSSR count). The number of fused-ring (bicyclic) bond motifs is 1. The summed E-state index contributed by atoms with van der Waals surface area (Å²) in [6, 6.07) is 3.40. The highest BCUT2D eigenvalue weighted by Gasteiger charge is 2.33. The number of anilines is 1. The minimum absolute atomic E-state index is 0.0195. The summed E-state index contributed by atoms with van der Waals surface area (Å²) in [7, 11) is -10.1. The van der Waals surface area contributed by atoms with Gasteiger partial charge in [0.15, 0.2) is 0 Å². The van der Waals surface area contributed by atoms with Crippen molar-refractivity contribution in [3.05, 3.63) is 24.3 Å². The molecule has 2 aromatic rings. The van der Waals surface area contributed by atoms with Crippen molar-refractivity contribution in [2.24, 2.45) is 0 Å². The molecule has 1 aliphatic rings. The van der Waals surface area contributed by atoms with Gasteiger partial charge in [-0.2, -0.15) is 16.8 Å². The fraction of sp³-hybridized carbons (Fsp3) is 0.133. The Kier molecular flexibility index (Phi) is 6.91. The van der Waals surface area contributed by atoms with Gasteiger partial charge in [0.05, 0.1) is 22.6 Å². The monoisotopic (exact) mass is 524 g/mol. The van der Waals surface area contributed by atoms with E-state index >= 15 is 0 Å². The first-order valence-electron chi connectivity index (χ1n) is 8.37. The molecule has 178 valence electrons. The van der Waals surface area contributed by atoms with Crippen LogP contribution in [0.2, 0.25) is 0 Å². The summed E-state index contributed by atoms with van der Waals surface area (Å²) in [5.41, 5.74) is -0.421. The van der Waals surface area contributed by atoms with E-state index in [1.807, 2.05) is 0 Å². The second-order valence-electron chi connectivity index (χ2n) is 6.25. The van der Waals surface area contributed by atoms with E-state index in [0.29, 0.717) is 18.1 Å². The number of hydrogen-bond acceptors (Lipinski definition) is 12. The van der Waals surface area contributed by atoms with E-state index in [1.54, 1.807) is 0 Å². The van der Waals surface area contributed by atoms with Crippen molar-refractivity contribution in [2.45, 2.75) is 27.5 Å². The fourth-order valence-corrected chi connectivity index (χ4v) is 4.68. The molecule has 33 heavy (non-hydrogen) atoms. The molecule has 1 saturated heterocycles. The summed E-state index contributed by atoms with van der Waals surface area (Å²) < 4.78 is 70.2. The third-order valence-corrected chi connectivity index (χ3v) is 6.38. The normalized spacial score (nSPS) is 14.7. The number of rotatable bonds is 7. The van der Waals surface area contributed by atoms with Crippen LogP contribution in [0.3, 0.4) is 0 Å². The number of imide groups is 1. The van der Waals surface area contributed by atoms with Crippen LogP contribution in [0.5, 0.6) is 0 Å². The maximum atomic E-state index is 12.3. The van der Waals surface area contributed by atoms with E-state index < -0.39 is 59.0 Å². The second kappa shape index (κ2) is 9.19. The van der Waals surface area contributed by atoms with Crippen LogP contribution in [0.4, 0.5) is 10.5 Å². The third kappa shape index (κ3) is 5.57. The summed E-state index contributed by atoms with van der Waals surface area (Å²) in [6.45, 7) is 0. The molecule has 0 aliphatic carbocycles. The first kappa shape index (κ1) is 24.8. The molecule has 3 amide bonds. The average molecular weight is 524 g/mol. The van der Waals surface area contributed by atoms with Gasteiger partial charge in [-0.05, 0) is 29.7 Å². The first-order chi connectivity index (χ1) is 15.3. The maximum Gasteiger partial charge on any atom is 0.436 e. The molecule has 0 radical (unpaired) electrons.